The van der Waals surface area contributed by atoms with Gasteiger partial charge in [0.1, 0.15) is 0 Å². The van der Waals surface area contributed by atoms with Crippen molar-refractivity contribution in [2.45, 2.75) is 25.1 Å². The van der Waals surface area contributed by atoms with Gasteiger partial charge in [0.25, 0.3) is 0 Å². The second-order valence-corrected chi connectivity index (χ2v) is 4.30. The Kier molecular flexibility index (Phi) is 6.01. The van der Waals surface area contributed by atoms with E-state index in [1.807, 2.05) is 0 Å². The fourth-order valence-electron chi connectivity index (χ4n) is 1.61. The van der Waals surface area contributed by atoms with Gasteiger partial charge in [0.05, 0.1) is 0 Å². The lowest BCUT2D eigenvalue weighted by molar-refractivity contribution is -0.139. The molecule has 1 atom stereocenters. The van der Waals surface area contributed by atoms with E-state index in [4.69, 9.17) is 5.11 Å². The van der Waals surface area contributed by atoms with Crippen LogP contribution in [0.4, 0.5) is 18.0 Å². The Morgan fingerprint density at radius 2 is 1.81 bits per heavy atom. The minimum Gasteiger partial charge on any atom is -0.479 e. The molecule has 0 bridgehead atoms. The molecule has 0 saturated carbocycles. The summed E-state index contributed by atoms with van der Waals surface area (Å²) < 4.78 is 35.7. The molecule has 0 heterocycles. The summed E-state index contributed by atoms with van der Waals surface area (Å²) in [6.07, 6.45) is -5.54. The van der Waals surface area contributed by atoms with Gasteiger partial charge in [-0.15, -0.1) is 0 Å². The van der Waals surface area contributed by atoms with E-state index in [1.165, 1.54) is 12.1 Å². The molecule has 3 N–H and O–H groups in total. The molecule has 0 aliphatic rings. The number of hydrogen-bond acceptors (Lipinski definition) is 2. The molecule has 0 unspecified atom stereocenters. The first-order valence-electron chi connectivity index (χ1n) is 6.18. The van der Waals surface area contributed by atoms with Gasteiger partial charge < -0.3 is 15.7 Å². The minimum absolute atomic E-state index is 0.188. The summed E-state index contributed by atoms with van der Waals surface area (Å²) in [5.41, 5.74) is 0.371. The molecule has 0 fully saturated rings. The number of carboxylic acids is 1. The zero-order valence-electron chi connectivity index (χ0n) is 11.0. The van der Waals surface area contributed by atoms with E-state index in [2.05, 4.69) is 10.6 Å². The van der Waals surface area contributed by atoms with Crippen LogP contribution in [0.25, 0.3) is 0 Å². The Labute approximate surface area is 119 Å². The van der Waals surface area contributed by atoms with E-state index in [1.54, 1.807) is 18.2 Å². The van der Waals surface area contributed by atoms with Crippen molar-refractivity contribution in [2.75, 3.05) is 6.54 Å². The van der Waals surface area contributed by atoms with Crippen LogP contribution in [0.5, 0.6) is 0 Å². The van der Waals surface area contributed by atoms with Crippen molar-refractivity contribution < 1.29 is 27.9 Å². The van der Waals surface area contributed by atoms with Gasteiger partial charge >= 0.3 is 18.2 Å². The first-order valence-corrected chi connectivity index (χ1v) is 6.18. The maximum Gasteiger partial charge on any atom is 0.389 e. The number of carbonyl (C=O) groups excluding carboxylic acids is 1. The average Bonchev–Trinajstić information content (AvgIpc) is 2.40. The van der Waals surface area contributed by atoms with Gasteiger partial charge in [-0.2, -0.15) is 13.2 Å². The van der Waals surface area contributed by atoms with Crippen LogP contribution in [-0.4, -0.2) is 29.8 Å². The average molecular weight is 304 g/mol. The van der Waals surface area contributed by atoms with Gasteiger partial charge in [-0.05, 0) is 12.0 Å². The fraction of sp³-hybridized carbons (Fsp3) is 0.385. The lowest BCUT2D eigenvalue weighted by Gasteiger charge is -2.15. The van der Waals surface area contributed by atoms with Crippen molar-refractivity contribution in [3.63, 3.8) is 0 Å². The smallest absolute Gasteiger partial charge is 0.389 e. The molecule has 5 nitrogen and oxygen atoms in total. The minimum atomic E-state index is -4.27. The number of alkyl halides is 3. The van der Waals surface area contributed by atoms with Crippen LogP contribution in [0.1, 0.15) is 24.4 Å². The highest BCUT2D eigenvalue weighted by molar-refractivity contribution is 5.83. The number of rotatable bonds is 6. The third-order valence-electron chi connectivity index (χ3n) is 2.58. The Bertz CT molecular complexity index is 477. The second-order valence-electron chi connectivity index (χ2n) is 4.30. The maximum absolute atomic E-state index is 11.9. The number of carbonyl (C=O) groups is 2. The highest BCUT2D eigenvalue weighted by atomic mass is 19.4. The molecule has 21 heavy (non-hydrogen) atoms. The van der Waals surface area contributed by atoms with Crippen molar-refractivity contribution in [1.29, 1.82) is 0 Å². The van der Waals surface area contributed by atoms with Gasteiger partial charge in [0.15, 0.2) is 6.04 Å². The van der Waals surface area contributed by atoms with Gasteiger partial charge in [-0.1, -0.05) is 30.3 Å². The third-order valence-corrected chi connectivity index (χ3v) is 2.58. The fourth-order valence-corrected chi connectivity index (χ4v) is 1.61. The lowest BCUT2D eigenvalue weighted by atomic mass is 10.1. The predicted octanol–water partition coefficient (Wildman–Crippen LogP) is 2.45. The molecule has 1 rings (SSSR count). The quantitative estimate of drug-likeness (QED) is 0.706. The van der Waals surface area contributed by atoms with Gasteiger partial charge in [0, 0.05) is 13.0 Å². The summed E-state index contributed by atoms with van der Waals surface area (Å²) in [5, 5.41) is 13.5. The number of hydrogen-bond donors (Lipinski definition) is 3. The molecule has 0 aliphatic heterocycles. The van der Waals surface area contributed by atoms with Crippen LogP contribution in [0.2, 0.25) is 0 Å². The maximum atomic E-state index is 11.9. The standard InChI is InChI=1S/C13H15F3N2O3/c14-13(15,16)7-4-8-17-12(21)18-10(11(19)20)9-5-2-1-3-6-9/h1-3,5-6,10H,4,7-8H2,(H,19,20)(H2,17,18,21)/t10-/m0/s1. The van der Waals surface area contributed by atoms with E-state index < -0.39 is 30.6 Å². The molecule has 0 aromatic heterocycles. The van der Waals surface area contributed by atoms with Crippen molar-refractivity contribution >= 4 is 12.0 Å². The topological polar surface area (TPSA) is 78.4 Å². The van der Waals surface area contributed by atoms with Crippen LogP contribution in [0.15, 0.2) is 30.3 Å². The number of carboxylic acid groups (broad SMARTS) is 1. The number of halogens is 3. The third kappa shape index (κ3) is 6.64. The summed E-state index contributed by atoms with van der Waals surface area (Å²) in [6, 6.07) is 5.91. The van der Waals surface area contributed by atoms with E-state index >= 15 is 0 Å². The van der Waals surface area contributed by atoms with Crippen molar-refractivity contribution in [1.82, 2.24) is 10.6 Å². The highest BCUT2D eigenvalue weighted by Gasteiger charge is 2.26. The molecule has 0 aliphatic carbocycles. The number of aliphatic carboxylic acids is 1. The zero-order valence-corrected chi connectivity index (χ0v) is 11.0. The number of amides is 2. The van der Waals surface area contributed by atoms with Gasteiger partial charge in [0.2, 0.25) is 0 Å². The van der Waals surface area contributed by atoms with Crippen molar-refractivity contribution in [3.8, 4) is 0 Å². The summed E-state index contributed by atoms with van der Waals surface area (Å²) in [7, 11) is 0. The first kappa shape index (κ1) is 16.8. The van der Waals surface area contributed by atoms with Crippen LogP contribution in [0.3, 0.4) is 0 Å². The van der Waals surface area contributed by atoms with E-state index in [9.17, 15) is 22.8 Å². The predicted molar refractivity (Wildman–Crippen MR) is 68.6 cm³/mol. The molecule has 116 valence electrons. The van der Waals surface area contributed by atoms with Gasteiger partial charge in [-0.3, -0.25) is 0 Å². The molecular formula is C13H15F3N2O3. The van der Waals surface area contributed by atoms with E-state index in [-0.39, 0.29) is 13.0 Å². The van der Waals surface area contributed by atoms with Crippen molar-refractivity contribution in [3.05, 3.63) is 35.9 Å². The van der Waals surface area contributed by atoms with Gasteiger partial charge in [-0.25, -0.2) is 9.59 Å². The van der Waals surface area contributed by atoms with E-state index in [0.717, 1.165) is 0 Å². The molecule has 8 heteroatoms. The van der Waals surface area contributed by atoms with Crippen LogP contribution < -0.4 is 10.6 Å². The molecule has 1 aromatic carbocycles. The second kappa shape index (κ2) is 7.51. The monoisotopic (exact) mass is 304 g/mol. The summed E-state index contributed by atoms with van der Waals surface area (Å²) in [4.78, 5) is 22.6. The first-order chi connectivity index (χ1) is 9.79. The normalized spacial score (nSPS) is 12.5. The van der Waals surface area contributed by atoms with Crippen molar-refractivity contribution in [2.24, 2.45) is 0 Å². The zero-order chi connectivity index (χ0) is 15.9. The summed E-state index contributed by atoms with van der Waals surface area (Å²) in [5.74, 6) is -1.26. The molecule has 0 spiro atoms. The Balaban J connectivity index is 2.46. The molecule has 2 amide bonds. The van der Waals surface area contributed by atoms with Crippen LogP contribution >= 0.6 is 0 Å². The molecule has 0 radical (unpaired) electrons. The summed E-state index contributed by atoms with van der Waals surface area (Å²) >= 11 is 0. The Morgan fingerprint density at radius 1 is 1.19 bits per heavy atom. The van der Waals surface area contributed by atoms with Crippen LogP contribution in [0, 0.1) is 0 Å². The number of nitrogens with one attached hydrogen (secondary N) is 2. The highest BCUT2D eigenvalue weighted by Crippen LogP contribution is 2.20. The molecular weight excluding hydrogens is 289 g/mol. The number of benzene rings is 1. The number of urea groups is 1. The summed E-state index contributed by atoms with van der Waals surface area (Å²) in [6.45, 7) is -0.188. The molecule has 0 saturated heterocycles. The largest absolute Gasteiger partial charge is 0.479 e. The lowest BCUT2D eigenvalue weighted by Crippen LogP contribution is -2.41. The van der Waals surface area contributed by atoms with E-state index in [0.29, 0.717) is 5.56 Å². The SMILES string of the molecule is O=C(NCCCC(F)(F)F)N[C@H](C(=O)O)c1ccccc1. The van der Waals surface area contributed by atoms with Crippen LogP contribution in [-0.2, 0) is 4.79 Å². The Hall–Kier alpha value is -2.25. The Morgan fingerprint density at radius 3 is 2.33 bits per heavy atom. The molecule has 1 aromatic rings.